The number of hydrazine groups is 2. The zero-order valence-electron chi connectivity index (χ0n) is 8.73. The van der Waals surface area contributed by atoms with Crippen molar-refractivity contribution in [3.05, 3.63) is 16.7 Å². The molecule has 0 unspecified atom stereocenters. The fourth-order valence-electron chi connectivity index (χ4n) is 1.02. The number of sulfonamides is 1. The third kappa shape index (κ3) is 3.12. The third-order valence-corrected chi connectivity index (χ3v) is 3.48. The summed E-state index contributed by atoms with van der Waals surface area (Å²) in [5.41, 5.74) is 2.23. The molecule has 0 saturated carbocycles. The molecule has 0 amide bonds. The predicted octanol–water partition coefficient (Wildman–Crippen LogP) is -0.115. The first kappa shape index (κ1) is 13.3. The number of nitrogen functional groups attached to an aromatic ring is 1. The van der Waals surface area contributed by atoms with Gasteiger partial charge in [-0.05, 0) is 22.0 Å². The van der Waals surface area contributed by atoms with Crippen LogP contribution in [0.15, 0.2) is 21.6 Å². The Balaban J connectivity index is 3.25. The summed E-state index contributed by atoms with van der Waals surface area (Å²) < 4.78 is 24.3. The average molecular weight is 310 g/mol. The second-order valence-corrected chi connectivity index (χ2v) is 5.68. The van der Waals surface area contributed by atoms with E-state index in [0.717, 1.165) is 0 Å². The van der Waals surface area contributed by atoms with Gasteiger partial charge in [0.05, 0.1) is 0 Å². The fourth-order valence-corrected chi connectivity index (χ4v) is 2.73. The maximum atomic E-state index is 11.9. The molecular formula is C7H12BrN5O2S. The van der Waals surface area contributed by atoms with Crippen LogP contribution in [0.1, 0.15) is 0 Å². The van der Waals surface area contributed by atoms with Gasteiger partial charge in [0, 0.05) is 24.8 Å². The van der Waals surface area contributed by atoms with Crippen molar-refractivity contribution in [1.82, 2.24) is 14.8 Å². The maximum Gasteiger partial charge on any atom is 0.257 e. The van der Waals surface area contributed by atoms with Crippen molar-refractivity contribution in [1.29, 1.82) is 0 Å². The van der Waals surface area contributed by atoms with Crippen LogP contribution in [0.2, 0.25) is 0 Å². The van der Waals surface area contributed by atoms with Crippen LogP contribution >= 0.6 is 15.9 Å². The number of nitrogens with zero attached hydrogens (tertiary/aromatic N) is 2. The highest BCUT2D eigenvalue weighted by molar-refractivity contribution is 9.10. The Labute approximate surface area is 102 Å². The Morgan fingerprint density at radius 3 is 2.62 bits per heavy atom. The van der Waals surface area contributed by atoms with E-state index in [2.05, 4.69) is 31.2 Å². The van der Waals surface area contributed by atoms with Crippen LogP contribution in [0.4, 0.5) is 5.82 Å². The van der Waals surface area contributed by atoms with Crippen molar-refractivity contribution in [2.45, 2.75) is 4.90 Å². The normalized spacial score (nSPS) is 11.8. The molecule has 4 N–H and O–H groups in total. The first-order chi connectivity index (χ1) is 7.36. The molecule has 7 nitrogen and oxygen atoms in total. The van der Waals surface area contributed by atoms with Gasteiger partial charge in [0.25, 0.3) is 10.0 Å². The van der Waals surface area contributed by atoms with Crippen LogP contribution in [-0.2, 0) is 10.0 Å². The van der Waals surface area contributed by atoms with E-state index >= 15 is 0 Å². The van der Waals surface area contributed by atoms with Gasteiger partial charge in [0.1, 0.15) is 4.90 Å². The van der Waals surface area contributed by atoms with E-state index < -0.39 is 10.0 Å². The monoisotopic (exact) mass is 309 g/mol. The minimum atomic E-state index is -3.68. The molecule has 0 aliphatic carbocycles. The van der Waals surface area contributed by atoms with Crippen LogP contribution in [-0.4, -0.2) is 32.5 Å². The SMILES string of the molecule is CN(C)NS(=O)(=O)c1cc(Br)cnc1NN. The second-order valence-electron chi connectivity index (χ2n) is 3.13. The molecule has 0 aliphatic heterocycles. The quantitative estimate of drug-likeness (QED) is 0.530. The molecule has 0 atom stereocenters. The molecular weight excluding hydrogens is 298 g/mol. The summed E-state index contributed by atoms with van der Waals surface area (Å²) in [6.45, 7) is 0. The molecule has 0 aromatic carbocycles. The summed E-state index contributed by atoms with van der Waals surface area (Å²) in [5.74, 6) is 5.28. The largest absolute Gasteiger partial charge is 0.307 e. The molecule has 0 bridgehead atoms. The Morgan fingerprint density at radius 2 is 2.12 bits per heavy atom. The zero-order chi connectivity index (χ0) is 12.3. The van der Waals surface area contributed by atoms with E-state index in [-0.39, 0.29) is 10.7 Å². The number of nitrogens with two attached hydrogens (primary N) is 1. The second kappa shape index (κ2) is 5.06. The molecule has 0 saturated heterocycles. The van der Waals surface area contributed by atoms with Gasteiger partial charge in [-0.15, -0.1) is 4.83 Å². The van der Waals surface area contributed by atoms with E-state index in [1.807, 2.05) is 0 Å². The summed E-state index contributed by atoms with van der Waals surface area (Å²) in [7, 11) is -0.548. The number of nitrogens with one attached hydrogen (secondary N) is 2. The highest BCUT2D eigenvalue weighted by Gasteiger charge is 2.20. The highest BCUT2D eigenvalue weighted by atomic mass is 79.9. The minimum Gasteiger partial charge on any atom is -0.307 e. The van der Waals surface area contributed by atoms with Gasteiger partial charge >= 0.3 is 0 Å². The maximum absolute atomic E-state index is 11.9. The van der Waals surface area contributed by atoms with Crippen LogP contribution in [0.25, 0.3) is 0 Å². The number of halogens is 1. The lowest BCUT2D eigenvalue weighted by molar-refractivity contribution is 0.364. The molecule has 1 rings (SSSR count). The van der Waals surface area contributed by atoms with Crippen LogP contribution in [0.3, 0.4) is 0 Å². The number of hydrogen-bond donors (Lipinski definition) is 3. The Bertz CT molecular complexity index is 476. The molecule has 0 fully saturated rings. The zero-order valence-corrected chi connectivity index (χ0v) is 11.1. The van der Waals surface area contributed by atoms with Gasteiger partial charge in [0.2, 0.25) is 0 Å². The first-order valence-corrected chi connectivity index (χ1v) is 6.46. The van der Waals surface area contributed by atoms with Crippen molar-refractivity contribution >= 4 is 31.8 Å². The van der Waals surface area contributed by atoms with Crippen molar-refractivity contribution in [2.75, 3.05) is 19.5 Å². The topological polar surface area (TPSA) is 100 Å². The smallest absolute Gasteiger partial charge is 0.257 e. The molecule has 0 radical (unpaired) electrons. The van der Waals surface area contributed by atoms with Gasteiger partial charge in [-0.2, -0.15) is 0 Å². The standard InChI is InChI=1S/C7H12BrN5O2S/c1-13(2)12-16(14,15)6-3-5(8)4-10-7(6)11-9/h3-4,12H,9H2,1-2H3,(H,10,11). The number of anilines is 1. The van der Waals surface area contributed by atoms with E-state index in [1.165, 1.54) is 17.3 Å². The molecule has 0 aliphatic rings. The Morgan fingerprint density at radius 1 is 1.50 bits per heavy atom. The lowest BCUT2D eigenvalue weighted by Crippen LogP contribution is -2.36. The van der Waals surface area contributed by atoms with Crippen molar-refractivity contribution in [2.24, 2.45) is 5.84 Å². The first-order valence-electron chi connectivity index (χ1n) is 4.19. The summed E-state index contributed by atoms with van der Waals surface area (Å²) in [5, 5.41) is 1.32. The summed E-state index contributed by atoms with van der Waals surface area (Å²) >= 11 is 3.15. The van der Waals surface area contributed by atoms with Crippen LogP contribution in [0, 0.1) is 0 Å². The van der Waals surface area contributed by atoms with Crippen LogP contribution < -0.4 is 16.1 Å². The molecule has 0 spiro atoms. The van der Waals surface area contributed by atoms with Gasteiger partial charge in [-0.3, -0.25) is 0 Å². The lowest BCUT2D eigenvalue weighted by atomic mass is 10.5. The van der Waals surface area contributed by atoms with E-state index in [9.17, 15) is 8.42 Å². The van der Waals surface area contributed by atoms with Gasteiger partial charge in [-0.25, -0.2) is 24.3 Å². The van der Waals surface area contributed by atoms with Crippen LogP contribution in [0.5, 0.6) is 0 Å². The fraction of sp³-hybridized carbons (Fsp3) is 0.286. The predicted molar refractivity (Wildman–Crippen MR) is 63.8 cm³/mol. The highest BCUT2D eigenvalue weighted by Crippen LogP contribution is 2.21. The number of rotatable bonds is 4. The number of aromatic nitrogens is 1. The number of pyridine rings is 1. The molecule has 16 heavy (non-hydrogen) atoms. The lowest BCUT2D eigenvalue weighted by Gasteiger charge is -2.14. The third-order valence-electron chi connectivity index (χ3n) is 1.55. The Kier molecular flexibility index (Phi) is 4.21. The summed E-state index contributed by atoms with van der Waals surface area (Å²) in [6.07, 6.45) is 1.45. The van der Waals surface area contributed by atoms with Crippen molar-refractivity contribution in [3.8, 4) is 0 Å². The van der Waals surface area contributed by atoms with Crippen molar-refractivity contribution < 1.29 is 8.42 Å². The van der Waals surface area contributed by atoms with E-state index in [0.29, 0.717) is 4.47 Å². The molecule has 1 heterocycles. The van der Waals surface area contributed by atoms with Gasteiger partial charge < -0.3 is 5.43 Å². The van der Waals surface area contributed by atoms with E-state index in [1.54, 1.807) is 14.1 Å². The summed E-state index contributed by atoms with van der Waals surface area (Å²) in [4.78, 5) is 6.11. The van der Waals surface area contributed by atoms with Gasteiger partial charge in [0.15, 0.2) is 5.82 Å². The van der Waals surface area contributed by atoms with Gasteiger partial charge in [-0.1, -0.05) is 0 Å². The van der Waals surface area contributed by atoms with Crippen molar-refractivity contribution in [3.63, 3.8) is 0 Å². The molecule has 1 aromatic rings. The summed E-state index contributed by atoms with van der Waals surface area (Å²) in [6, 6.07) is 1.41. The molecule has 90 valence electrons. The van der Waals surface area contributed by atoms with E-state index in [4.69, 9.17) is 5.84 Å². The number of hydrogen-bond acceptors (Lipinski definition) is 6. The molecule has 9 heteroatoms. The minimum absolute atomic E-state index is 0.0296. The average Bonchev–Trinajstić information content (AvgIpc) is 2.15. The Hall–Kier alpha value is -0.740. The molecule has 1 aromatic heterocycles.